The predicted octanol–water partition coefficient (Wildman–Crippen LogP) is 3.11. The van der Waals surface area contributed by atoms with Gasteiger partial charge in [0.05, 0.1) is 5.60 Å². The van der Waals surface area contributed by atoms with Crippen LogP contribution in [0.2, 0.25) is 0 Å². The summed E-state index contributed by atoms with van der Waals surface area (Å²) in [4.78, 5) is 0. The van der Waals surface area contributed by atoms with E-state index in [1.165, 1.54) is 0 Å². The Morgan fingerprint density at radius 3 is 1.75 bits per heavy atom. The fourth-order valence-corrected chi connectivity index (χ4v) is 4.29. The predicted molar refractivity (Wildman–Crippen MR) is 49.4 cm³/mol. The lowest BCUT2D eigenvalue weighted by Gasteiger charge is -2.45. The molecule has 1 N–H and O–H groups in total. The van der Waals surface area contributed by atoms with Crippen molar-refractivity contribution in [1.82, 2.24) is 0 Å². The Labute approximate surface area is 107 Å². The standard InChI is InChI=1S/C11H10F8O/c1-6(20)3-4-2-5(6)8(13)7(4,12)9(14,15)11(18,19)10(8,16)17/h4-5,20H,2-3H2,1H3. The third kappa shape index (κ3) is 0.918. The van der Waals surface area contributed by atoms with Crippen LogP contribution in [0.25, 0.3) is 0 Å². The van der Waals surface area contributed by atoms with E-state index in [1.807, 2.05) is 0 Å². The minimum Gasteiger partial charge on any atom is -0.390 e. The second-order valence-electron chi connectivity index (χ2n) is 6.19. The molecule has 0 saturated heterocycles. The molecule has 20 heavy (non-hydrogen) atoms. The second kappa shape index (κ2) is 2.96. The molecular formula is C11H10F8O. The van der Waals surface area contributed by atoms with E-state index >= 15 is 0 Å². The first-order valence-corrected chi connectivity index (χ1v) is 5.93. The molecule has 3 aliphatic carbocycles. The quantitative estimate of drug-likeness (QED) is 0.682. The molecule has 9 heteroatoms. The van der Waals surface area contributed by atoms with Gasteiger partial charge in [0.15, 0.2) is 0 Å². The largest absolute Gasteiger partial charge is 0.390 e. The van der Waals surface area contributed by atoms with E-state index in [1.54, 1.807) is 0 Å². The maximum Gasteiger partial charge on any atom is 0.378 e. The Bertz CT molecular complexity index is 489. The topological polar surface area (TPSA) is 20.2 Å². The van der Waals surface area contributed by atoms with Crippen LogP contribution in [0.5, 0.6) is 0 Å². The van der Waals surface area contributed by atoms with Crippen LogP contribution in [0.1, 0.15) is 19.8 Å². The first kappa shape index (κ1) is 14.3. The molecule has 3 saturated carbocycles. The van der Waals surface area contributed by atoms with Gasteiger partial charge in [-0.15, -0.1) is 0 Å². The minimum absolute atomic E-state index is 0.762. The zero-order valence-corrected chi connectivity index (χ0v) is 10.0. The molecule has 2 bridgehead atoms. The van der Waals surface area contributed by atoms with Gasteiger partial charge in [0, 0.05) is 11.8 Å². The van der Waals surface area contributed by atoms with Crippen molar-refractivity contribution in [1.29, 1.82) is 0 Å². The first-order valence-electron chi connectivity index (χ1n) is 5.93. The summed E-state index contributed by atoms with van der Waals surface area (Å²) in [6, 6.07) is 0. The van der Waals surface area contributed by atoms with Crippen molar-refractivity contribution < 1.29 is 40.2 Å². The van der Waals surface area contributed by atoms with Crippen molar-refractivity contribution in [3.05, 3.63) is 0 Å². The number of halogens is 8. The van der Waals surface area contributed by atoms with E-state index in [2.05, 4.69) is 0 Å². The van der Waals surface area contributed by atoms with E-state index in [0.717, 1.165) is 6.92 Å². The number of hydrogen-bond donors (Lipinski definition) is 1. The monoisotopic (exact) mass is 310 g/mol. The highest BCUT2D eigenvalue weighted by molar-refractivity contribution is 5.40. The third-order valence-electron chi connectivity index (χ3n) is 5.21. The average Bonchev–Trinajstić information content (AvgIpc) is 2.73. The van der Waals surface area contributed by atoms with Crippen molar-refractivity contribution in [2.24, 2.45) is 11.8 Å². The number of alkyl halides is 8. The SMILES string of the molecule is CC1(O)CC2CC1C1(F)C(F)(F)C(F)(F)C(F)(F)C21F. The molecule has 0 radical (unpaired) electrons. The fourth-order valence-electron chi connectivity index (χ4n) is 4.29. The lowest BCUT2D eigenvalue weighted by Crippen LogP contribution is -2.65. The lowest BCUT2D eigenvalue weighted by molar-refractivity contribution is -0.299. The summed E-state index contributed by atoms with van der Waals surface area (Å²) in [7, 11) is 0. The van der Waals surface area contributed by atoms with Gasteiger partial charge in [0.2, 0.25) is 11.3 Å². The Balaban J connectivity index is 2.32. The highest BCUT2D eigenvalue weighted by Crippen LogP contribution is 2.80. The number of aliphatic hydroxyl groups is 1. The van der Waals surface area contributed by atoms with Gasteiger partial charge in [-0.05, 0) is 19.8 Å². The Morgan fingerprint density at radius 2 is 1.25 bits per heavy atom. The summed E-state index contributed by atoms with van der Waals surface area (Å²) >= 11 is 0. The summed E-state index contributed by atoms with van der Waals surface area (Å²) < 4.78 is 110. The molecular weight excluding hydrogens is 300 g/mol. The summed E-state index contributed by atoms with van der Waals surface area (Å²) in [5.41, 5.74) is -11.7. The van der Waals surface area contributed by atoms with E-state index in [-0.39, 0.29) is 0 Å². The molecule has 0 aromatic rings. The van der Waals surface area contributed by atoms with Crippen molar-refractivity contribution in [2.75, 3.05) is 0 Å². The van der Waals surface area contributed by atoms with Crippen LogP contribution in [0, 0.1) is 11.8 Å². The van der Waals surface area contributed by atoms with Gasteiger partial charge in [0.1, 0.15) is 0 Å². The minimum atomic E-state index is -6.15. The van der Waals surface area contributed by atoms with Crippen LogP contribution in [-0.4, -0.2) is 39.8 Å². The van der Waals surface area contributed by atoms with E-state index in [9.17, 15) is 40.2 Å². The third-order valence-corrected chi connectivity index (χ3v) is 5.21. The molecule has 3 fully saturated rings. The van der Waals surface area contributed by atoms with Crippen molar-refractivity contribution >= 4 is 0 Å². The number of hydrogen-bond acceptors (Lipinski definition) is 1. The molecule has 0 aromatic heterocycles. The number of rotatable bonds is 0. The van der Waals surface area contributed by atoms with Gasteiger partial charge < -0.3 is 5.11 Å². The van der Waals surface area contributed by atoms with Crippen molar-refractivity contribution in [3.8, 4) is 0 Å². The van der Waals surface area contributed by atoms with Crippen molar-refractivity contribution in [3.63, 3.8) is 0 Å². The maximum absolute atomic E-state index is 14.6. The fraction of sp³-hybridized carbons (Fsp3) is 1.00. The Kier molecular flexibility index (Phi) is 2.12. The molecule has 3 aliphatic rings. The van der Waals surface area contributed by atoms with Crippen LogP contribution in [-0.2, 0) is 0 Å². The zero-order chi connectivity index (χ0) is 15.6. The van der Waals surface area contributed by atoms with Gasteiger partial charge in [-0.1, -0.05) is 0 Å². The Hall–Kier alpha value is -0.600. The summed E-state index contributed by atoms with van der Waals surface area (Å²) in [5.74, 6) is -22.3. The van der Waals surface area contributed by atoms with Gasteiger partial charge in [-0.25, -0.2) is 8.78 Å². The zero-order valence-electron chi connectivity index (χ0n) is 10.0. The molecule has 1 nitrogen and oxygen atoms in total. The van der Waals surface area contributed by atoms with Gasteiger partial charge in [-0.2, -0.15) is 26.3 Å². The summed E-state index contributed by atoms with van der Waals surface area (Å²) in [5, 5.41) is 9.75. The van der Waals surface area contributed by atoms with E-state index in [0.29, 0.717) is 0 Å². The van der Waals surface area contributed by atoms with Crippen LogP contribution >= 0.6 is 0 Å². The second-order valence-corrected chi connectivity index (χ2v) is 6.19. The van der Waals surface area contributed by atoms with Crippen molar-refractivity contribution in [2.45, 2.75) is 54.5 Å². The van der Waals surface area contributed by atoms with Gasteiger partial charge >= 0.3 is 17.8 Å². The molecule has 3 rings (SSSR count). The van der Waals surface area contributed by atoms with Crippen LogP contribution in [0.4, 0.5) is 35.1 Å². The normalized spacial score (nSPS) is 57.9. The van der Waals surface area contributed by atoms with E-state index in [4.69, 9.17) is 0 Å². The smallest absolute Gasteiger partial charge is 0.378 e. The van der Waals surface area contributed by atoms with Gasteiger partial charge in [0.25, 0.3) is 0 Å². The molecule has 0 spiro atoms. The Morgan fingerprint density at radius 1 is 0.800 bits per heavy atom. The lowest BCUT2D eigenvalue weighted by atomic mass is 9.68. The molecule has 0 aromatic carbocycles. The highest BCUT2D eigenvalue weighted by atomic mass is 19.4. The average molecular weight is 310 g/mol. The molecule has 0 aliphatic heterocycles. The molecule has 116 valence electrons. The summed E-state index contributed by atoms with van der Waals surface area (Å²) in [6.07, 6.45) is -1.58. The van der Waals surface area contributed by atoms with Crippen LogP contribution < -0.4 is 0 Å². The van der Waals surface area contributed by atoms with E-state index < -0.39 is 59.4 Å². The first-order chi connectivity index (χ1) is 8.69. The van der Waals surface area contributed by atoms with Crippen LogP contribution in [0.3, 0.4) is 0 Å². The maximum atomic E-state index is 14.6. The number of fused-ring (bicyclic) bond motifs is 5. The highest BCUT2D eigenvalue weighted by Gasteiger charge is 3.04. The molecule has 0 amide bonds. The van der Waals surface area contributed by atoms with Crippen LogP contribution in [0.15, 0.2) is 0 Å². The summed E-state index contributed by atoms with van der Waals surface area (Å²) in [6.45, 7) is 0.864. The van der Waals surface area contributed by atoms with Gasteiger partial charge in [-0.3, -0.25) is 0 Å². The molecule has 5 unspecified atom stereocenters. The molecule has 0 heterocycles. The molecule has 5 atom stereocenters.